The highest BCUT2D eigenvalue weighted by molar-refractivity contribution is 5.29. The van der Waals surface area contributed by atoms with E-state index in [0.717, 1.165) is 17.9 Å². The van der Waals surface area contributed by atoms with E-state index in [2.05, 4.69) is 23.8 Å². The highest BCUT2D eigenvalue weighted by atomic mass is 14.9. The number of aromatic nitrogens is 2. The van der Waals surface area contributed by atoms with Gasteiger partial charge in [-0.1, -0.05) is 13.8 Å². The molecule has 3 nitrogen and oxygen atoms in total. The molecule has 0 spiro atoms. The van der Waals surface area contributed by atoms with Crippen LogP contribution in [0.5, 0.6) is 0 Å². The quantitative estimate of drug-likeness (QED) is 0.728. The monoisotopic (exact) mass is 165 g/mol. The van der Waals surface area contributed by atoms with Gasteiger partial charge in [0.05, 0.1) is 0 Å². The molecule has 2 N–H and O–H groups in total. The first-order chi connectivity index (χ1) is 5.63. The third-order valence-corrected chi connectivity index (χ3v) is 1.94. The fourth-order valence-corrected chi connectivity index (χ4v) is 1.02. The fourth-order valence-electron chi connectivity index (χ4n) is 1.02. The van der Waals surface area contributed by atoms with Gasteiger partial charge in [0, 0.05) is 17.7 Å². The van der Waals surface area contributed by atoms with Crippen molar-refractivity contribution in [1.82, 2.24) is 9.97 Å². The fraction of sp³-hybridized carbons (Fsp3) is 0.556. The summed E-state index contributed by atoms with van der Waals surface area (Å²) in [4.78, 5) is 8.49. The van der Waals surface area contributed by atoms with Crippen LogP contribution in [0.1, 0.15) is 37.7 Å². The lowest BCUT2D eigenvalue weighted by Gasteiger charge is -2.07. The van der Waals surface area contributed by atoms with Gasteiger partial charge in [-0.15, -0.1) is 0 Å². The molecule has 12 heavy (non-hydrogen) atoms. The molecule has 0 aliphatic carbocycles. The van der Waals surface area contributed by atoms with Gasteiger partial charge in [0.2, 0.25) is 0 Å². The summed E-state index contributed by atoms with van der Waals surface area (Å²) in [6.45, 7) is 6.16. The minimum absolute atomic E-state index is 0.396. The average Bonchev–Trinajstić information content (AvgIpc) is 2.01. The SMILES string of the molecule is CCC(C)c1nc(C)cc(N)n1. The van der Waals surface area contributed by atoms with Gasteiger partial charge < -0.3 is 5.73 Å². The Kier molecular flexibility index (Phi) is 2.63. The summed E-state index contributed by atoms with van der Waals surface area (Å²) < 4.78 is 0. The van der Waals surface area contributed by atoms with Crippen molar-refractivity contribution in [2.24, 2.45) is 0 Å². The number of aryl methyl sites for hydroxylation is 1. The molecule has 0 aliphatic heterocycles. The van der Waals surface area contributed by atoms with Crippen molar-refractivity contribution >= 4 is 5.82 Å². The van der Waals surface area contributed by atoms with Crippen LogP contribution >= 0.6 is 0 Å². The van der Waals surface area contributed by atoms with Crippen LogP contribution in [0.2, 0.25) is 0 Å². The standard InChI is InChI=1S/C9H15N3/c1-4-6(2)9-11-7(3)5-8(10)12-9/h5-6H,4H2,1-3H3,(H2,10,11,12). The summed E-state index contributed by atoms with van der Waals surface area (Å²) in [5, 5.41) is 0. The Morgan fingerprint density at radius 2 is 2.17 bits per heavy atom. The molecule has 0 bridgehead atoms. The maximum absolute atomic E-state index is 5.60. The molecule has 66 valence electrons. The van der Waals surface area contributed by atoms with Crippen molar-refractivity contribution in [3.63, 3.8) is 0 Å². The Balaban J connectivity index is 3.00. The van der Waals surface area contributed by atoms with Crippen molar-refractivity contribution < 1.29 is 0 Å². The first-order valence-electron chi connectivity index (χ1n) is 4.24. The molecule has 0 saturated heterocycles. The molecule has 3 heteroatoms. The number of nitrogen functional groups attached to an aromatic ring is 1. The van der Waals surface area contributed by atoms with Crippen LogP contribution in [0.15, 0.2) is 6.07 Å². The number of hydrogen-bond donors (Lipinski definition) is 1. The summed E-state index contributed by atoms with van der Waals surface area (Å²) in [6, 6.07) is 1.78. The lowest BCUT2D eigenvalue weighted by atomic mass is 10.1. The predicted molar refractivity (Wildman–Crippen MR) is 49.9 cm³/mol. The summed E-state index contributed by atoms with van der Waals surface area (Å²) in [7, 11) is 0. The van der Waals surface area contributed by atoms with E-state index in [0.29, 0.717) is 11.7 Å². The summed E-state index contributed by atoms with van der Waals surface area (Å²) >= 11 is 0. The van der Waals surface area contributed by atoms with Crippen LogP contribution in [0.25, 0.3) is 0 Å². The van der Waals surface area contributed by atoms with E-state index in [1.807, 2.05) is 6.92 Å². The number of nitrogens with two attached hydrogens (primary N) is 1. The van der Waals surface area contributed by atoms with Gasteiger partial charge in [-0.25, -0.2) is 9.97 Å². The normalized spacial score (nSPS) is 12.9. The molecule has 1 rings (SSSR count). The van der Waals surface area contributed by atoms with Gasteiger partial charge in [0.15, 0.2) is 0 Å². The highest BCUT2D eigenvalue weighted by Crippen LogP contribution is 2.15. The van der Waals surface area contributed by atoms with Gasteiger partial charge in [-0.3, -0.25) is 0 Å². The molecule has 0 saturated carbocycles. The molecular formula is C9H15N3. The van der Waals surface area contributed by atoms with Crippen LogP contribution in [0, 0.1) is 6.92 Å². The molecule has 0 aromatic carbocycles. The Morgan fingerprint density at radius 1 is 1.50 bits per heavy atom. The second-order valence-electron chi connectivity index (χ2n) is 3.10. The lowest BCUT2D eigenvalue weighted by Crippen LogP contribution is -2.04. The number of hydrogen-bond acceptors (Lipinski definition) is 3. The second kappa shape index (κ2) is 3.52. The highest BCUT2D eigenvalue weighted by Gasteiger charge is 2.06. The van der Waals surface area contributed by atoms with Crippen molar-refractivity contribution in [3.05, 3.63) is 17.6 Å². The smallest absolute Gasteiger partial charge is 0.133 e. The lowest BCUT2D eigenvalue weighted by molar-refractivity contribution is 0.676. The number of rotatable bonds is 2. The average molecular weight is 165 g/mol. The molecule has 1 aromatic rings. The van der Waals surface area contributed by atoms with Gasteiger partial charge in [-0.05, 0) is 13.3 Å². The Labute approximate surface area is 73.0 Å². The van der Waals surface area contributed by atoms with Crippen LogP contribution in [0.4, 0.5) is 5.82 Å². The van der Waals surface area contributed by atoms with Crippen LogP contribution in [0.3, 0.4) is 0 Å². The van der Waals surface area contributed by atoms with Gasteiger partial charge >= 0.3 is 0 Å². The molecule has 1 atom stereocenters. The number of nitrogens with zero attached hydrogens (tertiary/aromatic N) is 2. The van der Waals surface area contributed by atoms with Crippen LogP contribution < -0.4 is 5.73 Å². The maximum atomic E-state index is 5.60. The number of anilines is 1. The molecule has 1 aromatic heterocycles. The van der Waals surface area contributed by atoms with E-state index < -0.39 is 0 Å². The maximum Gasteiger partial charge on any atom is 0.133 e. The zero-order chi connectivity index (χ0) is 9.14. The molecule has 0 aliphatic rings. The van der Waals surface area contributed by atoms with Crippen molar-refractivity contribution in [2.75, 3.05) is 5.73 Å². The van der Waals surface area contributed by atoms with Gasteiger partial charge in [0.1, 0.15) is 11.6 Å². The zero-order valence-corrected chi connectivity index (χ0v) is 7.83. The second-order valence-corrected chi connectivity index (χ2v) is 3.10. The van der Waals surface area contributed by atoms with Gasteiger partial charge in [0.25, 0.3) is 0 Å². The molecular weight excluding hydrogens is 150 g/mol. The van der Waals surface area contributed by atoms with E-state index in [9.17, 15) is 0 Å². The Morgan fingerprint density at radius 3 is 2.67 bits per heavy atom. The van der Waals surface area contributed by atoms with Crippen molar-refractivity contribution in [3.8, 4) is 0 Å². The third-order valence-electron chi connectivity index (χ3n) is 1.94. The van der Waals surface area contributed by atoms with Crippen molar-refractivity contribution in [1.29, 1.82) is 0 Å². The van der Waals surface area contributed by atoms with E-state index in [-0.39, 0.29) is 0 Å². The van der Waals surface area contributed by atoms with Crippen LogP contribution in [-0.2, 0) is 0 Å². The molecule has 0 radical (unpaired) electrons. The minimum atomic E-state index is 0.396. The van der Waals surface area contributed by atoms with E-state index in [1.54, 1.807) is 6.07 Å². The van der Waals surface area contributed by atoms with Crippen molar-refractivity contribution in [2.45, 2.75) is 33.1 Å². The summed E-state index contributed by atoms with van der Waals surface area (Å²) in [5.41, 5.74) is 6.54. The van der Waals surface area contributed by atoms with E-state index >= 15 is 0 Å². The first-order valence-corrected chi connectivity index (χ1v) is 4.24. The molecule has 1 heterocycles. The van der Waals surface area contributed by atoms with E-state index in [1.165, 1.54) is 0 Å². The first kappa shape index (κ1) is 8.97. The molecule has 0 fully saturated rings. The Bertz CT molecular complexity index is 250. The van der Waals surface area contributed by atoms with Gasteiger partial charge in [-0.2, -0.15) is 0 Å². The topological polar surface area (TPSA) is 51.8 Å². The van der Waals surface area contributed by atoms with E-state index in [4.69, 9.17) is 5.73 Å². The molecule has 0 amide bonds. The largest absolute Gasteiger partial charge is 0.384 e. The summed E-state index contributed by atoms with van der Waals surface area (Å²) in [5.74, 6) is 1.82. The third kappa shape index (κ3) is 1.94. The summed E-state index contributed by atoms with van der Waals surface area (Å²) in [6.07, 6.45) is 1.04. The predicted octanol–water partition coefficient (Wildman–Crippen LogP) is 1.88. The molecule has 1 unspecified atom stereocenters. The zero-order valence-electron chi connectivity index (χ0n) is 7.83. The Hall–Kier alpha value is -1.12. The van der Waals surface area contributed by atoms with Crippen LogP contribution in [-0.4, -0.2) is 9.97 Å². The minimum Gasteiger partial charge on any atom is -0.384 e.